The lowest BCUT2D eigenvalue weighted by atomic mass is 10.1. The third-order valence-corrected chi connectivity index (χ3v) is 6.09. The minimum Gasteiger partial charge on any atom is -0.478 e. The number of carbonyl (C=O) groups is 1. The van der Waals surface area contributed by atoms with Gasteiger partial charge in [-0.1, -0.05) is 55.3 Å². The Balaban J connectivity index is 2.23. The summed E-state index contributed by atoms with van der Waals surface area (Å²) < 4.78 is 31.0. The molecule has 3 aromatic rings. The van der Waals surface area contributed by atoms with Gasteiger partial charge in [-0.25, -0.2) is 18.4 Å². The molecule has 0 amide bonds. The maximum Gasteiger partial charge on any atom is 0.335 e. The summed E-state index contributed by atoms with van der Waals surface area (Å²) in [6.45, 7) is 2.92. The van der Waals surface area contributed by atoms with Crippen LogP contribution < -0.4 is 14.8 Å². The van der Waals surface area contributed by atoms with E-state index < -0.39 is 20.9 Å². The lowest BCUT2D eigenvalue weighted by Gasteiger charge is -2.28. The van der Waals surface area contributed by atoms with Gasteiger partial charge in [-0.05, 0) is 48.4 Å². The molecule has 3 N–H and O–H groups in total. The highest BCUT2D eigenvalue weighted by molar-refractivity contribution is 7.89. The Kier molecular flexibility index (Phi) is 7.97. The number of ether oxygens (including phenoxy) is 1. The van der Waals surface area contributed by atoms with Crippen LogP contribution in [-0.2, 0) is 16.6 Å². The number of unbranched alkanes of at least 4 members (excludes halogenated alkanes) is 1. The summed E-state index contributed by atoms with van der Waals surface area (Å²) >= 11 is 6.15. The molecule has 0 aliphatic heterocycles. The van der Waals surface area contributed by atoms with Crippen LogP contribution in [0.5, 0.6) is 11.5 Å². The smallest absolute Gasteiger partial charge is 0.335 e. The van der Waals surface area contributed by atoms with Gasteiger partial charge >= 0.3 is 5.97 Å². The maximum absolute atomic E-state index is 12.5. The lowest BCUT2D eigenvalue weighted by Crippen LogP contribution is -2.26. The molecule has 0 fully saturated rings. The Morgan fingerprint density at radius 1 is 1.09 bits per heavy atom. The number of carboxylic acid groups (broad SMARTS) is 1. The molecule has 0 saturated carbocycles. The maximum atomic E-state index is 12.5. The van der Waals surface area contributed by atoms with Gasteiger partial charge in [0.1, 0.15) is 10.6 Å². The number of nitrogens with two attached hydrogens (primary N) is 1. The molecule has 0 bridgehead atoms. The quantitative estimate of drug-likeness (QED) is 0.401. The molecular weight excluding hydrogens is 464 g/mol. The van der Waals surface area contributed by atoms with Crippen molar-refractivity contribution < 1.29 is 23.1 Å². The van der Waals surface area contributed by atoms with Gasteiger partial charge in [0.15, 0.2) is 5.75 Å². The number of sulfonamides is 1. The normalized spacial score (nSPS) is 11.2. The second kappa shape index (κ2) is 10.7. The van der Waals surface area contributed by atoms with Crippen molar-refractivity contribution in [2.45, 2.75) is 31.2 Å². The van der Waals surface area contributed by atoms with E-state index in [4.69, 9.17) is 21.5 Å². The molecule has 0 radical (unpaired) electrons. The first-order valence-electron chi connectivity index (χ1n) is 10.4. The van der Waals surface area contributed by atoms with Gasteiger partial charge in [-0.2, -0.15) is 0 Å². The van der Waals surface area contributed by atoms with Crippen molar-refractivity contribution in [1.82, 2.24) is 0 Å². The average Bonchev–Trinajstić information content (AvgIpc) is 2.76. The number of anilines is 1. The van der Waals surface area contributed by atoms with Crippen molar-refractivity contribution in [3.8, 4) is 11.5 Å². The van der Waals surface area contributed by atoms with E-state index >= 15 is 0 Å². The number of hydrogen-bond donors (Lipinski definition) is 2. The average molecular weight is 489 g/mol. The standard InChI is InChI=1S/C24H25ClN2O5S/c1-2-3-12-27(16-17-8-7-9-19(25)13-17)21-14-18(24(28)29)15-22(33(26,30)31)23(21)32-20-10-5-4-6-11-20/h4-11,13-15H,2-3,12,16H2,1H3,(H,28,29)(H2,26,30,31). The fourth-order valence-electron chi connectivity index (χ4n) is 3.36. The van der Waals surface area contributed by atoms with E-state index in [-0.39, 0.29) is 11.3 Å². The van der Waals surface area contributed by atoms with Crippen LogP contribution in [0.3, 0.4) is 0 Å². The number of halogens is 1. The molecule has 33 heavy (non-hydrogen) atoms. The van der Waals surface area contributed by atoms with Crippen LogP contribution in [0.4, 0.5) is 5.69 Å². The Bertz CT molecular complexity index is 1230. The largest absolute Gasteiger partial charge is 0.478 e. The van der Waals surface area contributed by atoms with Crippen molar-refractivity contribution in [3.63, 3.8) is 0 Å². The third-order valence-electron chi connectivity index (χ3n) is 4.94. The van der Waals surface area contributed by atoms with Crippen molar-refractivity contribution >= 4 is 33.3 Å². The molecule has 3 rings (SSSR count). The summed E-state index contributed by atoms with van der Waals surface area (Å²) in [5.74, 6) is -0.901. The van der Waals surface area contributed by atoms with Crippen LogP contribution >= 0.6 is 11.6 Å². The van der Waals surface area contributed by atoms with Gasteiger partial charge in [0, 0.05) is 18.1 Å². The van der Waals surface area contributed by atoms with Crippen molar-refractivity contribution in [1.29, 1.82) is 0 Å². The zero-order valence-corrected chi connectivity index (χ0v) is 19.6. The SMILES string of the molecule is CCCCN(Cc1cccc(Cl)c1)c1cc(C(=O)O)cc(S(N)(=O)=O)c1Oc1ccccc1. The van der Waals surface area contributed by atoms with Gasteiger partial charge in [-0.15, -0.1) is 0 Å². The lowest BCUT2D eigenvalue weighted by molar-refractivity contribution is 0.0696. The molecule has 174 valence electrons. The predicted molar refractivity (Wildman–Crippen MR) is 129 cm³/mol. The van der Waals surface area contributed by atoms with Crippen LogP contribution in [0, 0.1) is 0 Å². The molecule has 9 heteroatoms. The molecule has 0 aliphatic rings. The Hall–Kier alpha value is -3.07. The van der Waals surface area contributed by atoms with E-state index in [0.717, 1.165) is 24.5 Å². The number of hydrogen-bond acceptors (Lipinski definition) is 5. The number of aromatic carboxylic acids is 1. The van der Waals surface area contributed by atoms with Gasteiger partial charge in [0.05, 0.1) is 11.3 Å². The van der Waals surface area contributed by atoms with Crippen LogP contribution in [0.15, 0.2) is 71.6 Å². The van der Waals surface area contributed by atoms with E-state index in [0.29, 0.717) is 29.5 Å². The third kappa shape index (κ3) is 6.47. The van der Waals surface area contributed by atoms with Crippen molar-refractivity contribution in [2.24, 2.45) is 5.14 Å². The second-order valence-corrected chi connectivity index (χ2v) is 9.46. The predicted octanol–water partition coefficient (Wildman–Crippen LogP) is 5.28. The monoisotopic (exact) mass is 488 g/mol. The van der Waals surface area contributed by atoms with Gasteiger partial charge < -0.3 is 14.7 Å². The molecule has 0 saturated heterocycles. The molecule has 7 nitrogen and oxygen atoms in total. The van der Waals surface area contributed by atoms with Crippen molar-refractivity contribution in [3.05, 3.63) is 82.9 Å². The highest BCUT2D eigenvalue weighted by Gasteiger charge is 2.26. The van der Waals surface area contributed by atoms with E-state index in [2.05, 4.69) is 0 Å². The summed E-state index contributed by atoms with van der Waals surface area (Å²) in [5.41, 5.74) is 0.986. The highest BCUT2D eigenvalue weighted by atomic mass is 35.5. The van der Waals surface area contributed by atoms with Gasteiger partial charge in [0.2, 0.25) is 10.0 Å². The Morgan fingerprint density at radius 2 is 1.82 bits per heavy atom. The molecular formula is C24H25ClN2O5S. The second-order valence-electron chi connectivity index (χ2n) is 7.49. The molecule has 0 atom stereocenters. The summed E-state index contributed by atoms with van der Waals surface area (Å²) in [5, 5.41) is 15.7. The number of para-hydroxylation sites is 1. The minimum absolute atomic E-state index is 0.0215. The van der Waals surface area contributed by atoms with E-state index in [1.807, 2.05) is 24.0 Å². The Morgan fingerprint density at radius 3 is 2.42 bits per heavy atom. The van der Waals surface area contributed by atoms with Gasteiger partial charge in [0.25, 0.3) is 0 Å². The summed E-state index contributed by atoms with van der Waals surface area (Å²) in [6, 6.07) is 18.4. The van der Waals surface area contributed by atoms with Crippen LogP contribution in [0.1, 0.15) is 35.7 Å². The topological polar surface area (TPSA) is 110 Å². The number of benzene rings is 3. The van der Waals surface area contributed by atoms with E-state index in [1.165, 1.54) is 6.07 Å². The van der Waals surface area contributed by atoms with Crippen LogP contribution in [-0.4, -0.2) is 26.0 Å². The number of nitrogens with zero attached hydrogens (tertiary/aromatic N) is 1. The highest BCUT2D eigenvalue weighted by Crippen LogP contribution is 2.40. The number of rotatable bonds is 10. The number of carboxylic acids is 1. The van der Waals surface area contributed by atoms with E-state index in [1.54, 1.807) is 42.5 Å². The molecule has 0 aromatic heterocycles. The van der Waals surface area contributed by atoms with E-state index in [9.17, 15) is 18.3 Å². The fourth-order valence-corrected chi connectivity index (χ4v) is 4.26. The number of primary sulfonamides is 1. The van der Waals surface area contributed by atoms with Gasteiger partial charge in [-0.3, -0.25) is 0 Å². The van der Waals surface area contributed by atoms with Crippen molar-refractivity contribution in [2.75, 3.05) is 11.4 Å². The summed E-state index contributed by atoms with van der Waals surface area (Å²) in [4.78, 5) is 13.3. The van der Waals surface area contributed by atoms with Crippen LogP contribution in [0.25, 0.3) is 0 Å². The first kappa shape index (κ1) is 24.6. The minimum atomic E-state index is -4.30. The summed E-state index contributed by atoms with van der Waals surface area (Å²) in [6.07, 6.45) is 1.66. The zero-order valence-electron chi connectivity index (χ0n) is 18.1. The summed E-state index contributed by atoms with van der Waals surface area (Å²) in [7, 11) is -4.30. The Labute approximate surface area is 198 Å². The molecule has 0 unspecified atom stereocenters. The molecule has 0 spiro atoms. The first-order chi connectivity index (χ1) is 15.7. The fraction of sp³-hybridized carbons (Fsp3) is 0.208. The molecule has 3 aromatic carbocycles. The molecule has 0 heterocycles. The van der Waals surface area contributed by atoms with Crippen LogP contribution in [0.2, 0.25) is 5.02 Å². The molecule has 0 aliphatic carbocycles. The zero-order chi connectivity index (χ0) is 24.0. The first-order valence-corrected chi connectivity index (χ1v) is 12.3.